The first-order valence-corrected chi connectivity index (χ1v) is 4.73. The summed E-state index contributed by atoms with van der Waals surface area (Å²) in [6.07, 6.45) is -4.68. The fourth-order valence-corrected chi connectivity index (χ4v) is 1.11. The number of halogens is 3. The van der Waals surface area contributed by atoms with Crippen LogP contribution < -0.4 is 10.6 Å². The van der Waals surface area contributed by atoms with E-state index in [2.05, 4.69) is 17.2 Å². The van der Waals surface area contributed by atoms with Crippen molar-refractivity contribution in [3.63, 3.8) is 0 Å². The van der Waals surface area contributed by atoms with E-state index in [4.69, 9.17) is 0 Å². The van der Waals surface area contributed by atoms with Gasteiger partial charge in [0.15, 0.2) is 0 Å². The van der Waals surface area contributed by atoms with Crippen molar-refractivity contribution in [1.29, 1.82) is 0 Å². The molecule has 0 aromatic rings. The summed E-state index contributed by atoms with van der Waals surface area (Å²) in [4.78, 5) is 0. The number of hydrogen-bond donors (Lipinski definition) is 2. The van der Waals surface area contributed by atoms with E-state index in [9.17, 15) is 13.2 Å². The van der Waals surface area contributed by atoms with Gasteiger partial charge in [0, 0.05) is 19.0 Å². The Morgan fingerprint density at radius 2 is 2.00 bits per heavy atom. The van der Waals surface area contributed by atoms with Crippen LogP contribution in [-0.4, -0.2) is 18.8 Å². The van der Waals surface area contributed by atoms with Gasteiger partial charge in [0.1, 0.15) is 0 Å². The van der Waals surface area contributed by atoms with Crippen LogP contribution in [0.2, 0.25) is 0 Å². The van der Waals surface area contributed by atoms with Crippen molar-refractivity contribution in [2.45, 2.75) is 38.9 Å². The van der Waals surface area contributed by atoms with Crippen LogP contribution in [-0.2, 0) is 0 Å². The molecular formula is C9H17F3N2. The van der Waals surface area contributed by atoms with Gasteiger partial charge in [0.05, 0.1) is 5.82 Å². The Morgan fingerprint density at radius 1 is 1.43 bits per heavy atom. The van der Waals surface area contributed by atoms with Crippen molar-refractivity contribution >= 4 is 0 Å². The Balaban J connectivity index is 0.000000791. The first-order chi connectivity index (χ1) is 6.47. The molecule has 0 amide bonds. The largest absolute Gasteiger partial charge is 0.389 e. The summed E-state index contributed by atoms with van der Waals surface area (Å²) in [5, 5.41) is 5.65. The third-order valence-corrected chi connectivity index (χ3v) is 1.72. The summed E-state index contributed by atoms with van der Waals surface area (Å²) in [5.41, 5.74) is 0. The van der Waals surface area contributed by atoms with Gasteiger partial charge in [-0.2, -0.15) is 13.2 Å². The van der Waals surface area contributed by atoms with E-state index < -0.39 is 12.6 Å². The van der Waals surface area contributed by atoms with Gasteiger partial charge in [0.2, 0.25) is 0 Å². The Hall–Kier alpha value is -0.870. The number of rotatable bonds is 2. The SMILES string of the molecule is C=C1NCC(CCC(F)(F)F)N1.CC. The quantitative estimate of drug-likeness (QED) is 0.731. The van der Waals surface area contributed by atoms with Crippen molar-refractivity contribution in [3.8, 4) is 0 Å². The minimum absolute atomic E-state index is 0.107. The molecular weight excluding hydrogens is 193 g/mol. The van der Waals surface area contributed by atoms with Gasteiger partial charge in [-0.25, -0.2) is 0 Å². The molecule has 1 fully saturated rings. The van der Waals surface area contributed by atoms with Crippen LogP contribution >= 0.6 is 0 Å². The average Bonchev–Trinajstić information content (AvgIpc) is 2.50. The molecule has 0 aliphatic carbocycles. The number of nitrogens with one attached hydrogen (secondary N) is 2. The summed E-state index contributed by atoms with van der Waals surface area (Å²) >= 11 is 0. The third kappa shape index (κ3) is 5.72. The zero-order valence-electron chi connectivity index (χ0n) is 8.54. The van der Waals surface area contributed by atoms with Gasteiger partial charge < -0.3 is 10.6 Å². The average molecular weight is 210 g/mol. The van der Waals surface area contributed by atoms with E-state index in [0.717, 1.165) is 0 Å². The van der Waals surface area contributed by atoms with E-state index in [1.807, 2.05) is 13.8 Å². The fourth-order valence-electron chi connectivity index (χ4n) is 1.11. The second-order valence-corrected chi connectivity index (χ2v) is 2.85. The normalized spacial score (nSPS) is 20.6. The highest BCUT2D eigenvalue weighted by Crippen LogP contribution is 2.22. The van der Waals surface area contributed by atoms with E-state index in [-0.39, 0.29) is 12.5 Å². The molecule has 5 heteroatoms. The molecule has 0 spiro atoms. The maximum Gasteiger partial charge on any atom is 0.389 e. The lowest BCUT2D eigenvalue weighted by atomic mass is 10.2. The lowest BCUT2D eigenvalue weighted by molar-refractivity contribution is -0.136. The standard InChI is InChI=1S/C7H11F3N2.C2H6/c1-5-11-4-6(12-5)2-3-7(8,9)10;1-2/h6,11-12H,1-4H2;1-2H3. The van der Waals surface area contributed by atoms with Gasteiger partial charge in [0.25, 0.3) is 0 Å². The van der Waals surface area contributed by atoms with E-state index in [1.165, 1.54) is 0 Å². The molecule has 1 atom stereocenters. The van der Waals surface area contributed by atoms with Crippen LogP contribution in [0.15, 0.2) is 12.4 Å². The number of alkyl halides is 3. The molecule has 0 saturated carbocycles. The second-order valence-electron chi connectivity index (χ2n) is 2.85. The molecule has 1 aliphatic rings. The van der Waals surface area contributed by atoms with Crippen molar-refractivity contribution < 1.29 is 13.2 Å². The minimum atomic E-state index is -4.05. The molecule has 0 aromatic carbocycles. The molecule has 1 rings (SSSR count). The van der Waals surface area contributed by atoms with Gasteiger partial charge >= 0.3 is 6.18 Å². The zero-order valence-corrected chi connectivity index (χ0v) is 8.54. The third-order valence-electron chi connectivity index (χ3n) is 1.72. The van der Waals surface area contributed by atoms with Gasteiger partial charge in [-0.05, 0) is 6.42 Å². The van der Waals surface area contributed by atoms with Crippen LogP contribution in [0.4, 0.5) is 13.2 Å². The molecule has 2 N–H and O–H groups in total. The predicted octanol–water partition coefficient (Wildman–Crippen LogP) is 2.39. The Morgan fingerprint density at radius 3 is 2.36 bits per heavy atom. The van der Waals surface area contributed by atoms with E-state index >= 15 is 0 Å². The van der Waals surface area contributed by atoms with Crippen LogP contribution in [0.5, 0.6) is 0 Å². The molecule has 84 valence electrons. The van der Waals surface area contributed by atoms with Crippen molar-refractivity contribution in [2.75, 3.05) is 6.54 Å². The molecule has 1 saturated heterocycles. The second kappa shape index (κ2) is 5.78. The maximum absolute atomic E-state index is 11.7. The maximum atomic E-state index is 11.7. The molecule has 1 aliphatic heterocycles. The molecule has 14 heavy (non-hydrogen) atoms. The van der Waals surface area contributed by atoms with Crippen LogP contribution in [0.25, 0.3) is 0 Å². The Bertz CT molecular complexity index is 177. The monoisotopic (exact) mass is 210 g/mol. The smallest absolute Gasteiger partial charge is 0.370 e. The molecule has 1 heterocycles. The molecule has 1 unspecified atom stereocenters. The van der Waals surface area contributed by atoms with Gasteiger partial charge in [-0.3, -0.25) is 0 Å². The highest BCUT2D eigenvalue weighted by molar-refractivity contribution is 4.99. The molecule has 0 radical (unpaired) electrons. The minimum Gasteiger partial charge on any atom is -0.370 e. The van der Waals surface area contributed by atoms with Crippen molar-refractivity contribution in [3.05, 3.63) is 12.4 Å². The molecule has 0 aromatic heterocycles. The first kappa shape index (κ1) is 13.1. The van der Waals surface area contributed by atoms with Crippen LogP contribution in [0.3, 0.4) is 0 Å². The molecule has 0 bridgehead atoms. The summed E-state index contributed by atoms with van der Waals surface area (Å²) in [7, 11) is 0. The van der Waals surface area contributed by atoms with E-state index in [0.29, 0.717) is 12.4 Å². The zero-order chi connectivity index (χ0) is 11.2. The lowest BCUT2D eigenvalue weighted by Gasteiger charge is -2.10. The van der Waals surface area contributed by atoms with Crippen molar-refractivity contribution in [2.24, 2.45) is 0 Å². The Labute approximate surface area is 82.6 Å². The van der Waals surface area contributed by atoms with Crippen LogP contribution in [0.1, 0.15) is 26.7 Å². The van der Waals surface area contributed by atoms with Crippen molar-refractivity contribution in [1.82, 2.24) is 10.6 Å². The van der Waals surface area contributed by atoms with E-state index in [1.54, 1.807) is 0 Å². The summed E-state index contributed by atoms with van der Waals surface area (Å²) < 4.78 is 35.2. The first-order valence-electron chi connectivity index (χ1n) is 4.73. The Kier molecular flexibility index (Phi) is 5.42. The summed E-state index contributed by atoms with van der Waals surface area (Å²) in [5.74, 6) is 0.613. The number of hydrogen-bond acceptors (Lipinski definition) is 2. The highest BCUT2D eigenvalue weighted by Gasteiger charge is 2.29. The summed E-state index contributed by atoms with van der Waals surface area (Å²) in [6, 6.07) is -0.126. The van der Waals surface area contributed by atoms with Gasteiger partial charge in [-0.15, -0.1) is 0 Å². The predicted molar refractivity (Wildman–Crippen MR) is 50.7 cm³/mol. The summed E-state index contributed by atoms with van der Waals surface area (Å²) in [6.45, 7) is 8.08. The molecule has 2 nitrogen and oxygen atoms in total. The fraction of sp³-hybridized carbons (Fsp3) is 0.778. The van der Waals surface area contributed by atoms with Crippen LogP contribution in [0, 0.1) is 0 Å². The highest BCUT2D eigenvalue weighted by atomic mass is 19.4. The van der Waals surface area contributed by atoms with Gasteiger partial charge in [-0.1, -0.05) is 20.4 Å². The topological polar surface area (TPSA) is 24.1 Å². The lowest BCUT2D eigenvalue weighted by Crippen LogP contribution is -2.25.